The van der Waals surface area contributed by atoms with Gasteiger partial charge in [0.15, 0.2) is 0 Å². The zero-order chi connectivity index (χ0) is 12.1. The van der Waals surface area contributed by atoms with E-state index in [1.165, 1.54) is 0 Å². The fourth-order valence-corrected chi connectivity index (χ4v) is 1.59. The number of anilines is 1. The number of carbonyl (C=O) groups excluding carboxylic acids is 1. The zero-order valence-corrected chi connectivity index (χ0v) is 11.9. The Labute approximate surface area is 114 Å². The SMILES string of the molecule is Cc1cccc(Cl)c1NC(=O)CCN(C)C.Cl. The number of halogens is 2. The topological polar surface area (TPSA) is 32.3 Å². The van der Waals surface area contributed by atoms with Crippen molar-refractivity contribution in [2.24, 2.45) is 0 Å². The van der Waals surface area contributed by atoms with Crippen LogP contribution in [0.3, 0.4) is 0 Å². The van der Waals surface area contributed by atoms with Crippen molar-refractivity contribution in [1.29, 1.82) is 0 Å². The summed E-state index contributed by atoms with van der Waals surface area (Å²) in [7, 11) is 3.88. The molecule has 0 aliphatic rings. The largest absolute Gasteiger partial charge is 0.325 e. The van der Waals surface area contributed by atoms with Crippen LogP contribution in [-0.2, 0) is 4.79 Å². The smallest absolute Gasteiger partial charge is 0.225 e. The fourth-order valence-electron chi connectivity index (χ4n) is 1.32. The van der Waals surface area contributed by atoms with Crippen molar-refractivity contribution < 1.29 is 4.79 Å². The van der Waals surface area contributed by atoms with Gasteiger partial charge in [-0.3, -0.25) is 4.79 Å². The quantitative estimate of drug-likeness (QED) is 0.917. The van der Waals surface area contributed by atoms with Gasteiger partial charge in [-0.05, 0) is 32.6 Å². The van der Waals surface area contributed by atoms with E-state index < -0.39 is 0 Å². The molecule has 1 amide bonds. The number of carbonyl (C=O) groups is 1. The summed E-state index contributed by atoms with van der Waals surface area (Å²) in [5, 5.41) is 3.42. The minimum absolute atomic E-state index is 0. The Morgan fingerprint density at radius 3 is 2.59 bits per heavy atom. The number of benzene rings is 1. The van der Waals surface area contributed by atoms with Gasteiger partial charge in [0, 0.05) is 13.0 Å². The van der Waals surface area contributed by atoms with Gasteiger partial charge >= 0.3 is 0 Å². The lowest BCUT2D eigenvalue weighted by Crippen LogP contribution is -2.21. The van der Waals surface area contributed by atoms with Crippen LogP contribution in [0.5, 0.6) is 0 Å². The first-order valence-electron chi connectivity index (χ1n) is 5.20. The molecule has 1 aromatic rings. The molecule has 0 atom stereocenters. The maximum Gasteiger partial charge on any atom is 0.225 e. The Kier molecular flexibility index (Phi) is 7.19. The number of para-hydroxylation sites is 1. The highest BCUT2D eigenvalue weighted by Gasteiger charge is 2.08. The van der Waals surface area contributed by atoms with Crippen LogP contribution in [0.15, 0.2) is 18.2 Å². The van der Waals surface area contributed by atoms with Gasteiger partial charge in [0.1, 0.15) is 0 Å². The predicted molar refractivity (Wildman–Crippen MR) is 75.2 cm³/mol. The van der Waals surface area contributed by atoms with Gasteiger partial charge in [0.05, 0.1) is 10.7 Å². The van der Waals surface area contributed by atoms with Crippen LogP contribution < -0.4 is 5.32 Å². The average molecular weight is 277 g/mol. The van der Waals surface area contributed by atoms with E-state index in [9.17, 15) is 4.79 Å². The first kappa shape index (κ1) is 16.2. The summed E-state index contributed by atoms with van der Waals surface area (Å²) in [6, 6.07) is 5.57. The average Bonchev–Trinajstić information content (AvgIpc) is 2.21. The molecule has 1 N–H and O–H groups in total. The Hall–Kier alpha value is -0.770. The molecule has 3 nitrogen and oxygen atoms in total. The van der Waals surface area contributed by atoms with E-state index >= 15 is 0 Å². The van der Waals surface area contributed by atoms with Gasteiger partial charge < -0.3 is 10.2 Å². The second-order valence-corrected chi connectivity index (χ2v) is 4.44. The zero-order valence-electron chi connectivity index (χ0n) is 10.3. The van der Waals surface area contributed by atoms with Crippen molar-refractivity contribution in [3.05, 3.63) is 28.8 Å². The van der Waals surface area contributed by atoms with E-state index in [1.807, 2.05) is 38.1 Å². The highest BCUT2D eigenvalue weighted by molar-refractivity contribution is 6.33. The second kappa shape index (κ2) is 7.54. The van der Waals surface area contributed by atoms with Crippen LogP contribution in [0, 0.1) is 6.92 Å². The third kappa shape index (κ3) is 5.39. The van der Waals surface area contributed by atoms with Crippen molar-refractivity contribution >= 4 is 35.6 Å². The van der Waals surface area contributed by atoms with Gasteiger partial charge in [0.2, 0.25) is 5.91 Å². The molecule has 0 fully saturated rings. The summed E-state index contributed by atoms with van der Waals surface area (Å²) in [6.45, 7) is 2.66. The number of hydrogen-bond acceptors (Lipinski definition) is 2. The lowest BCUT2D eigenvalue weighted by atomic mass is 10.2. The molecule has 0 saturated heterocycles. The van der Waals surface area contributed by atoms with Gasteiger partial charge in [-0.15, -0.1) is 12.4 Å². The number of nitrogens with zero attached hydrogens (tertiary/aromatic N) is 1. The summed E-state index contributed by atoms with van der Waals surface area (Å²) in [5.74, 6) is -0.00935. The monoisotopic (exact) mass is 276 g/mol. The standard InChI is InChI=1S/C12H17ClN2O.ClH/c1-9-5-4-6-10(13)12(9)14-11(16)7-8-15(2)3;/h4-6H,7-8H2,1-3H3,(H,14,16);1H. The summed E-state index contributed by atoms with van der Waals surface area (Å²) >= 11 is 6.01. The van der Waals surface area contributed by atoms with E-state index in [0.29, 0.717) is 17.1 Å². The van der Waals surface area contributed by atoms with Crippen molar-refractivity contribution in [3.8, 4) is 0 Å². The maximum atomic E-state index is 11.6. The Morgan fingerprint density at radius 1 is 1.41 bits per heavy atom. The summed E-state index contributed by atoms with van der Waals surface area (Å²) in [5.41, 5.74) is 1.69. The number of aryl methyl sites for hydroxylation is 1. The first-order chi connectivity index (χ1) is 7.50. The molecule has 0 radical (unpaired) electrons. The highest BCUT2D eigenvalue weighted by Crippen LogP contribution is 2.25. The molecule has 0 saturated carbocycles. The van der Waals surface area contributed by atoms with Crippen LogP contribution in [-0.4, -0.2) is 31.4 Å². The fraction of sp³-hybridized carbons (Fsp3) is 0.417. The molecule has 0 spiro atoms. The van der Waals surface area contributed by atoms with Crippen LogP contribution in [0.4, 0.5) is 5.69 Å². The molecule has 96 valence electrons. The second-order valence-electron chi connectivity index (χ2n) is 4.03. The van der Waals surface area contributed by atoms with Crippen molar-refractivity contribution in [1.82, 2.24) is 4.90 Å². The van der Waals surface area contributed by atoms with Gasteiger partial charge in [-0.1, -0.05) is 23.7 Å². The summed E-state index contributed by atoms with van der Waals surface area (Å²) in [6.07, 6.45) is 0.470. The molecule has 17 heavy (non-hydrogen) atoms. The first-order valence-corrected chi connectivity index (χ1v) is 5.58. The Morgan fingerprint density at radius 2 is 2.06 bits per heavy atom. The summed E-state index contributed by atoms with van der Waals surface area (Å²) < 4.78 is 0. The van der Waals surface area contributed by atoms with Crippen molar-refractivity contribution in [3.63, 3.8) is 0 Å². The van der Waals surface area contributed by atoms with Crippen LogP contribution in [0.1, 0.15) is 12.0 Å². The predicted octanol–water partition coefficient (Wildman–Crippen LogP) is 2.96. The molecule has 1 rings (SSSR count). The third-order valence-electron chi connectivity index (χ3n) is 2.27. The third-order valence-corrected chi connectivity index (χ3v) is 2.59. The van der Waals surface area contributed by atoms with Gasteiger partial charge in [-0.2, -0.15) is 0 Å². The van der Waals surface area contributed by atoms with Crippen molar-refractivity contribution in [2.45, 2.75) is 13.3 Å². The lowest BCUT2D eigenvalue weighted by Gasteiger charge is -2.12. The molecule has 0 aliphatic heterocycles. The van der Waals surface area contributed by atoms with E-state index in [-0.39, 0.29) is 18.3 Å². The number of amides is 1. The molecule has 0 unspecified atom stereocenters. The Bertz CT molecular complexity index is 361. The van der Waals surface area contributed by atoms with E-state index in [4.69, 9.17) is 11.6 Å². The van der Waals surface area contributed by atoms with E-state index in [1.54, 1.807) is 6.07 Å². The van der Waals surface area contributed by atoms with Gasteiger partial charge in [-0.25, -0.2) is 0 Å². The molecule has 0 aliphatic carbocycles. The maximum absolute atomic E-state index is 11.6. The number of hydrogen-bond donors (Lipinski definition) is 1. The Balaban J connectivity index is 0.00000256. The molecule has 0 bridgehead atoms. The van der Waals surface area contributed by atoms with E-state index in [2.05, 4.69) is 5.32 Å². The normalized spacial score (nSPS) is 9.94. The number of nitrogens with one attached hydrogen (secondary N) is 1. The van der Waals surface area contributed by atoms with E-state index in [0.717, 1.165) is 12.1 Å². The van der Waals surface area contributed by atoms with Gasteiger partial charge in [0.25, 0.3) is 0 Å². The highest BCUT2D eigenvalue weighted by atomic mass is 35.5. The molecule has 0 aromatic heterocycles. The minimum Gasteiger partial charge on any atom is -0.325 e. The molecule has 1 aromatic carbocycles. The van der Waals surface area contributed by atoms with Crippen molar-refractivity contribution in [2.75, 3.05) is 26.0 Å². The van der Waals surface area contributed by atoms with Crippen LogP contribution in [0.25, 0.3) is 0 Å². The molecular formula is C12H18Cl2N2O. The molecule has 5 heteroatoms. The molecule has 0 heterocycles. The van der Waals surface area contributed by atoms with Crippen LogP contribution in [0.2, 0.25) is 5.02 Å². The lowest BCUT2D eigenvalue weighted by molar-refractivity contribution is -0.116. The number of rotatable bonds is 4. The summed E-state index contributed by atoms with van der Waals surface area (Å²) in [4.78, 5) is 13.6. The minimum atomic E-state index is -0.00935. The molecular weight excluding hydrogens is 259 g/mol. The van der Waals surface area contributed by atoms with Crippen LogP contribution >= 0.6 is 24.0 Å².